The Morgan fingerprint density at radius 3 is 2.67 bits per heavy atom. The Bertz CT molecular complexity index is 464. The highest BCUT2D eigenvalue weighted by atomic mass is 14.7. The third-order valence-electron chi connectivity index (χ3n) is 7.61. The predicted octanol–water partition coefficient (Wildman–Crippen LogP) is 5.08. The summed E-state index contributed by atoms with van der Waals surface area (Å²) in [7, 11) is 0. The van der Waals surface area contributed by atoms with Gasteiger partial charge in [0, 0.05) is 0 Å². The van der Waals surface area contributed by atoms with Crippen LogP contribution in [0.1, 0.15) is 65.7 Å². The van der Waals surface area contributed by atoms with Gasteiger partial charge in [-0.25, -0.2) is 0 Å². The van der Waals surface area contributed by atoms with Gasteiger partial charge in [-0.3, -0.25) is 0 Å². The molecule has 0 aromatic carbocycles. The molecule has 0 amide bonds. The highest BCUT2D eigenvalue weighted by molar-refractivity contribution is 5.30. The Kier molecular flexibility index (Phi) is 3.64. The van der Waals surface area contributed by atoms with Crippen LogP contribution in [0.4, 0.5) is 0 Å². The number of nitrogens with two attached hydrogens (primary N) is 1. The van der Waals surface area contributed by atoms with E-state index in [2.05, 4.69) is 39.5 Å². The van der Waals surface area contributed by atoms with Crippen molar-refractivity contribution in [1.82, 2.24) is 0 Å². The molecule has 0 aromatic rings. The minimum absolute atomic E-state index is 0.314. The SMILES string of the molecule is C=C[C@@]1(C)CCC=C2C1CCC1[C@](C)(CN)CCC[C@@]21C. The molecule has 3 aliphatic carbocycles. The fraction of sp³-hybridized carbons (Fsp3) is 0.800. The molecule has 118 valence electrons. The van der Waals surface area contributed by atoms with Crippen molar-refractivity contribution in [3.63, 3.8) is 0 Å². The van der Waals surface area contributed by atoms with Gasteiger partial charge in [-0.15, -0.1) is 6.58 Å². The zero-order valence-corrected chi connectivity index (χ0v) is 14.3. The number of fused-ring (bicyclic) bond motifs is 3. The fourth-order valence-corrected chi connectivity index (χ4v) is 6.14. The minimum Gasteiger partial charge on any atom is -0.330 e. The van der Waals surface area contributed by atoms with E-state index in [-0.39, 0.29) is 0 Å². The topological polar surface area (TPSA) is 26.0 Å². The first-order valence-electron chi connectivity index (χ1n) is 8.94. The Balaban J connectivity index is 2.02. The first-order valence-corrected chi connectivity index (χ1v) is 8.94. The van der Waals surface area contributed by atoms with Crippen molar-refractivity contribution in [3.8, 4) is 0 Å². The van der Waals surface area contributed by atoms with Crippen LogP contribution in [-0.2, 0) is 0 Å². The molecule has 1 nitrogen and oxygen atoms in total. The summed E-state index contributed by atoms with van der Waals surface area (Å²) in [5.41, 5.74) is 9.04. The van der Waals surface area contributed by atoms with Gasteiger partial charge in [-0.2, -0.15) is 0 Å². The summed E-state index contributed by atoms with van der Waals surface area (Å²) in [6, 6.07) is 0. The van der Waals surface area contributed by atoms with Crippen molar-refractivity contribution in [2.45, 2.75) is 65.7 Å². The Morgan fingerprint density at radius 2 is 2.00 bits per heavy atom. The van der Waals surface area contributed by atoms with E-state index < -0.39 is 0 Å². The van der Waals surface area contributed by atoms with Crippen LogP contribution in [0.15, 0.2) is 24.3 Å². The van der Waals surface area contributed by atoms with E-state index in [0.717, 1.165) is 18.4 Å². The molecule has 5 atom stereocenters. The molecule has 2 fully saturated rings. The smallest absolute Gasteiger partial charge is 0.00202 e. The molecule has 2 N–H and O–H groups in total. The summed E-state index contributed by atoms with van der Waals surface area (Å²) < 4.78 is 0. The van der Waals surface area contributed by atoms with Crippen LogP contribution in [-0.4, -0.2) is 6.54 Å². The summed E-state index contributed by atoms with van der Waals surface area (Å²) in [5.74, 6) is 1.50. The maximum Gasteiger partial charge on any atom is -0.00202 e. The van der Waals surface area contributed by atoms with E-state index in [1.54, 1.807) is 5.57 Å². The van der Waals surface area contributed by atoms with Crippen LogP contribution >= 0.6 is 0 Å². The van der Waals surface area contributed by atoms with Crippen molar-refractivity contribution in [2.75, 3.05) is 6.54 Å². The molecule has 21 heavy (non-hydrogen) atoms. The number of allylic oxidation sites excluding steroid dienone is 3. The average Bonchev–Trinajstić information content (AvgIpc) is 2.48. The molecule has 2 saturated carbocycles. The lowest BCUT2D eigenvalue weighted by Crippen LogP contribution is -2.53. The molecular weight excluding hydrogens is 254 g/mol. The molecule has 2 unspecified atom stereocenters. The molecular formula is C20H33N. The molecule has 0 aliphatic heterocycles. The van der Waals surface area contributed by atoms with Gasteiger partial charge >= 0.3 is 0 Å². The molecule has 3 aliphatic rings. The van der Waals surface area contributed by atoms with Crippen LogP contribution in [0, 0.1) is 28.1 Å². The lowest BCUT2D eigenvalue weighted by molar-refractivity contribution is -0.0298. The maximum atomic E-state index is 6.22. The van der Waals surface area contributed by atoms with Gasteiger partial charge in [-0.05, 0) is 73.2 Å². The Hall–Kier alpha value is -0.560. The minimum atomic E-state index is 0.314. The molecule has 3 rings (SSSR count). The quantitative estimate of drug-likeness (QED) is 0.704. The molecule has 0 heterocycles. The van der Waals surface area contributed by atoms with Crippen molar-refractivity contribution in [3.05, 3.63) is 24.3 Å². The fourth-order valence-electron chi connectivity index (χ4n) is 6.14. The summed E-state index contributed by atoms with van der Waals surface area (Å²) in [6.07, 6.45) is 14.1. The summed E-state index contributed by atoms with van der Waals surface area (Å²) >= 11 is 0. The van der Waals surface area contributed by atoms with Gasteiger partial charge in [0.25, 0.3) is 0 Å². The number of rotatable bonds is 2. The van der Waals surface area contributed by atoms with Gasteiger partial charge in [-0.1, -0.05) is 44.9 Å². The number of hydrogen-bond donors (Lipinski definition) is 1. The van der Waals surface area contributed by atoms with Crippen molar-refractivity contribution >= 4 is 0 Å². The molecule has 1 heteroatoms. The second-order valence-corrected chi connectivity index (χ2v) is 8.72. The molecule has 0 aromatic heterocycles. The van der Waals surface area contributed by atoms with E-state index in [1.807, 2.05) is 0 Å². The van der Waals surface area contributed by atoms with Gasteiger partial charge < -0.3 is 5.73 Å². The second-order valence-electron chi connectivity index (χ2n) is 8.72. The molecule has 0 spiro atoms. The van der Waals surface area contributed by atoms with Crippen molar-refractivity contribution < 1.29 is 0 Å². The van der Waals surface area contributed by atoms with Crippen LogP contribution < -0.4 is 5.73 Å². The standard InChI is InChI=1S/C20H33N/c1-5-18(2)11-6-8-16-15(18)9-10-17-19(3,14-21)12-7-13-20(16,17)4/h5,8,15,17H,1,6-7,9-14,21H2,2-4H3/t15?,17?,18-,19-,20-/m0/s1. The zero-order valence-electron chi connectivity index (χ0n) is 14.3. The normalized spacial score (nSPS) is 49.8. The monoisotopic (exact) mass is 287 g/mol. The van der Waals surface area contributed by atoms with Gasteiger partial charge in [0.15, 0.2) is 0 Å². The van der Waals surface area contributed by atoms with E-state index in [0.29, 0.717) is 16.2 Å². The van der Waals surface area contributed by atoms with Gasteiger partial charge in [0.05, 0.1) is 0 Å². The molecule has 0 saturated heterocycles. The highest BCUT2D eigenvalue weighted by Crippen LogP contribution is 2.64. The van der Waals surface area contributed by atoms with E-state index in [9.17, 15) is 0 Å². The van der Waals surface area contributed by atoms with E-state index >= 15 is 0 Å². The van der Waals surface area contributed by atoms with Crippen molar-refractivity contribution in [1.29, 1.82) is 0 Å². The zero-order chi connectivity index (χ0) is 15.3. The van der Waals surface area contributed by atoms with Crippen LogP contribution in [0.2, 0.25) is 0 Å². The molecule has 0 bridgehead atoms. The third kappa shape index (κ3) is 2.07. The first kappa shape index (κ1) is 15.3. The summed E-state index contributed by atoms with van der Waals surface area (Å²) in [4.78, 5) is 0. The molecule has 0 radical (unpaired) electrons. The summed E-state index contributed by atoms with van der Waals surface area (Å²) in [6.45, 7) is 12.5. The Morgan fingerprint density at radius 1 is 1.24 bits per heavy atom. The largest absolute Gasteiger partial charge is 0.330 e. The van der Waals surface area contributed by atoms with Gasteiger partial charge in [0.2, 0.25) is 0 Å². The second kappa shape index (κ2) is 4.98. The maximum absolute atomic E-state index is 6.22. The highest BCUT2D eigenvalue weighted by Gasteiger charge is 2.55. The third-order valence-corrected chi connectivity index (χ3v) is 7.61. The van der Waals surface area contributed by atoms with Crippen LogP contribution in [0.5, 0.6) is 0 Å². The predicted molar refractivity (Wildman–Crippen MR) is 91.0 cm³/mol. The van der Waals surface area contributed by atoms with Crippen LogP contribution in [0.3, 0.4) is 0 Å². The summed E-state index contributed by atoms with van der Waals surface area (Å²) in [5, 5.41) is 0. The number of hydrogen-bond acceptors (Lipinski definition) is 1. The van der Waals surface area contributed by atoms with Crippen molar-refractivity contribution in [2.24, 2.45) is 33.8 Å². The first-order chi connectivity index (χ1) is 9.89. The Labute approximate surface area is 131 Å². The average molecular weight is 287 g/mol. The lowest BCUT2D eigenvalue weighted by Gasteiger charge is -2.60. The van der Waals surface area contributed by atoms with Gasteiger partial charge in [0.1, 0.15) is 0 Å². The van der Waals surface area contributed by atoms with E-state index in [1.165, 1.54) is 44.9 Å². The lowest BCUT2D eigenvalue weighted by atomic mass is 9.44. The van der Waals surface area contributed by atoms with E-state index in [4.69, 9.17) is 5.73 Å². The van der Waals surface area contributed by atoms with Crippen LogP contribution in [0.25, 0.3) is 0 Å².